The van der Waals surface area contributed by atoms with Gasteiger partial charge in [-0.15, -0.1) is 0 Å². The molecule has 1 atom stereocenters. The van der Waals surface area contributed by atoms with E-state index >= 15 is 0 Å². The van der Waals surface area contributed by atoms with Gasteiger partial charge in [-0.1, -0.05) is 13.8 Å². The van der Waals surface area contributed by atoms with Crippen molar-refractivity contribution >= 4 is 16.9 Å². The molecule has 0 spiro atoms. The van der Waals surface area contributed by atoms with Crippen LogP contribution in [0, 0.1) is 5.92 Å². The molecule has 5 heteroatoms. The van der Waals surface area contributed by atoms with Crippen LogP contribution in [0.4, 0.5) is 0 Å². The first-order valence-electron chi connectivity index (χ1n) is 6.42. The minimum Gasteiger partial charge on any atom is -0.345 e. The number of amides is 1. The molecule has 0 fully saturated rings. The molecule has 1 aromatic carbocycles. The van der Waals surface area contributed by atoms with Crippen molar-refractivity contribution in [2.45, 2.75) is 26.3 Å². The van der Waals surface area contributed by atoms with Crippen molar-refractivity contribution in [3.05, 3.63) is 30.1 Å². The number of hydrogen-bond donors (Lipinski definition) is 3. The van der Waals surface area contributed by atoms with Crippen molar-refractivity contribution in [3.8, 4) is 0 Å². The molecule has 19 heavy (non-hydrogen) atoms. The highest BCUT2D eigenvalue weighted by atomic mass is 16.1. The van der Waals surface area contributed by atoms with E-state index in [1.54, 1.807) is 18.5 Å². The first kappa shape index (κ1) is 13.5. The fourth-order valence-electron chi connectivity index (χ4n) is 1.84. The Hall–Kier alpha value is -1.88. The van der Waals surface area contributed by atoms with Crippen LogP contribution < -0.4 is 11.1 Å². The summed E-state index contributed by atoms with van der Waals surface area (Å²) in [6.45, 7) is 6.46. The fourth-order valence-corrected chi connectivity index (χ4v) is 1.84. The maximum Gasteiger partial charge on any atom is 0.251 e. The number of rotatable bonds is 4. The van der Waals surface area contributed by atoms with Crippen LogP contribution in [0.15, 0.2) is 24.5 Å². The van der Waals surface area contributed by atoms with Crippen LogP contribution in [0.2, 0.25) is 0 Å². The monoisotopic (exact) mass is 260 g/mol. The number of aromatic nitrogens is 2. The number of H-pyrrole nitrogens is 1. The van der Waals surface area contributed by atoms with Gasteiger partial charge in [0.15, 0.2) is 0 Å². The molecular weight excluding hydrogens is 240 g/mol. The Balaban J connectivity index is 2.23. The van der Waals surface area contributed by atoms with Crippen LogP contribution in [0.3, 0.4) is 0 Å². The minimum absolute atomic E-state index is 0.113. The second kappa shape index (κ2) is 5.01. The van der Waals surface area contributed by atoms with E-state index in [0.717, 1.165) is 11.0 Å². The van der Waals surface area contributed by atoms with Gasteiger partial charge in [-0.3, -0.25) is 4.79 Å². The van der Waals surface area contributed by atoms with E-state index in [1.165, 1.54) is 0 Å². The molecule has 0 aliphatic heterocycles. The molecule has 1 aromatic heterocycles. The number of nitrogens with two attached hydrogens (primary N) is 1. The van der Waals surface area contributed by atoms with Gasteiger partial charge in [-0.25, -0.2) is 4.98 Å². The lowest BCUT2D eigenvalue weighted by Gasteiger charge is -2.33. The summed E-state index contributed by atoms with van der Waals surface area (Å²) in [5.41, 5.74) is 7.69. The van der Waals surface area contributed by atoms with Crippen molar-refractivity contribution in [1.29, 1.82) is 0 Å². The molecule has 5 nitrogen and oxygen atoms in total. The summed E-state index contributed by atoms with van der Waals surface area (Å²) >= 11 is 0. The maximum atomic E-state index is 12.3. The number of carbonyl (C=O) groups is 1. The Morgan fingerprint density at radius 2 is 2.26 bits per heavy atom. The topological polar surface area (TPSA) is 83.8 Å². The number of aromatic amines is 1. The second-order valence-electron chi connectivity index (χ2n) is 5.36. The molecule has 0 aliphatic rings. The number of benzene rings is 1. The predicted molar refractivity (Wildman–Crippen MR) is 75.9 cm³/mol. The number of nitrogens with one attached hydrogen (secondary N) is 2. The first-order chi connectivity index (χ1) is 8.96. The van der Waals surface area contributed by atoms with Crippen molar-refractivity contribution in [3.63, 3.8) is 0 Å². The zero-order valence-corrected chi connectivity index (χ0v) is 11.5. The highest BCUT2D eigenvalue weighted by Gasteiger charge is 2.28. The van der Waals surface area contributed by atoms with Crippen molar-refractivity contribution in [1.82, 2.24) is 15.3 Å². The van der Waals surface area contributed by atoms with E-state index in [0.29, 0.717) is 12.1 Å². The summed E-state index contributed by atoms with van der Waals surface area (Å²) in [7, 11) is 0. The Morgan fingerprint density at radius 3 is 2.89 bits per heavy atom. The summed E-state index contributed by atoms with van der Waals surface area (Å²) in [6, 6.07) is 5.40. The van der Waals surface area contributed by atoms with Crippen LogP contribution in [0.25, 0.3) is 11.0 Å². The van der Waals surface area contributed by atoms with Crippen LogP contribution in [0.1, 0.15) is 31.1 Å². The molecule has 0 bridgehead atoms. The Bertz CT molecular complexity index is 590. The molecule has 4 N–H and O–H groups in total. The van der Waals surface area contributed by atoms with E-state index in [-0.39, 0.29) is 11.8 Å². The minimum atomic E-state index is -0.403. The van der Waals surface area contributed by atoms with Gasteiger partial charge in [0.2, 0.25) is 0 Å². The normalized spacial score (nSPS) is 14.6. The third kappa shape index (κ3) is 2.61. The van der Waals surface area contributed by atoms with Gasteiger partial charge >= 0.3 is 0 Å². The van der Waals surface area contributed by atoms with Crippen LogP contribution >= 0.6 is 0 Å². The standard InChI is InChI=1S/C14H20N4O/c1-9(2)14(3,7-15)18-13(19)10-4-5-11-12(6-10)17-8-16-11/h4-6,8-9H,7,15H2,1-3H3,(H,16,17)(H,18,19). The molecule has 0 saturated heterocycles. The second-order valence-corrected chi connectivity index (χ2v) is 5.36. The largest absolute Gasteiger partial charge is 0.345 e. The highest BCUT2D eigenvalue weighted by Crippen LogP contribution is 2.17. The Kier molecular flexibility index (Phi) is 3.57. The Labute approximate surface area is 112 Å². The predicted octanol–water partition coefficient (Wildman–Crippen LogP) is 1.67. The highest BCUT2D eigenvalue weighted by molar-refractivity contribution is 5.97. The first-order valence-corrected chi connectivity index (χ1v) is 6.42. The molecule has 102 valence electrons. The smallest absolute Gasteiger partial charge is 0.251 e. The molecule has 1 heterocycles. The van der Waals surface area contributed by atoms with Gasteiger partial charge in [-0.2, -0.15) is 0 Å². The van der Waals surface area contributed by atoms with Crippen molar-refractivity contribution < 1.29 is 4.79 Å². The Morgan fingerprint density at radius 1 is 1.53 bits per heavy atom. The molecule has 2 rings (SSSR count). The van der Waals surface area contributed by atoms with Crippen molar-refractivity contribution in [2.75, 3.05) is 6.54 Å². The third-order valence-corrected chi connectivity index (χ3v) is 3.78. The average molecular weight is 260 g/mol. The average Bonchev–Trinajstić information content (AvgIpc) is 2.85. The van der Waals surface area contributed by atoms with Crippen LogP contribution in [0.5, 0.6) is 0 Å². The van der Waals surface area contributed by atoms with Gasteiger partial charge in [0.05, 0.1) is 22.9 Å². The third-order valence-electron chi connectivity index (χ3n) is 3.78. The fraction of sp³-hybridized carbons (Fsp3) is 0.429. The van der Waals surface area contributed by atoms with E-state index in [1.807, 2.05) is 26.8 Å². The molecule has 2 aromatic rings. The van der Waals surface area contributed by atoms with Crippen LogP contribution in [-0.2, 0) is 0 Å². The number of carbonyl (C=O) groups excluding carboxylic acids is 1. The van der Waals surface area contributed by atoms with Crippen LogP contribution in [-0.4, -0.2) is 28.0 Å². The molecule has 0 saturated carbocycles. The van der Waals surface area contributed by atoms with E-state index in [9.17, 15) is 4.79 Å². The van der Waals surface area contributed by atoms with Gasteiger partial charge < -0.3 is 16.0 Å². The number of imidazole rings is 1. The van der Waals surface area contributed by atoms with E-state index < -0.39 is 5.54 Å². The summed E-state index contributed by atoms with van der Waals surface area (Å²) in [4.78, 5) is 19.4. The zero-order chi connectivity index (χ0) is 14.0. The SMILES string of the molecule is CC(C)C(C)(CN)NC(=O)c1ccc2nc[nH]c2c1. The molecule has 0 radical (unpaired) electrons. The lowest BCUT2D eigenvalue weighted by molar-refractivity contribution is 0.0883. The molecular formula is C14H20N4O. The summed E-state index contributed by atoms with van der Waals surface area (Å²) in [6.07, 6.45) is 1.62. The van der Waals surface area contributed by atoms with Crippen molar-refractivity contribution in [2.24, 2.45) is 11.7 Å². The van der Waals surface area contributed by atoms with Gasteiger partial charge in [0, 0.05) is 12.1 Å². The quantitative estimate of drug-likeness (QED) is 0.781. The summed E-state index contributed by atoms with van der Waals surface area (Å²) in [5.74, 6) is 0.149. The van der Waals surface area contributed by atoms with Gasteiger partial charge in [0.1, 0.15) is 0 Å². The summed E-state index contributed by atoms with van der Waals surface area (Å²) < 4.78 is 0. The summed E-state index contributed by atoms with van der Waals surface area (Å²) in [5, 5.41) is 3.02. The van der Waals surface area contributed by atoms with E-state index in [2.05, 4.69) is 15.3 Å². The maximum absolute atomic E-state index is 12.3. The van der Waals surface area contributed by atoms with Gasteiger partial charge in [0.25, 0.3) is 5.91 Å². The molecule has 1 unspecified atom stereocenters. The molecule has 1 amide bonds. The molecule has 0 aliphatic carbocycles. The number of nitrogens with zero attached hydrogens (tertiary/aromatic N) is 1. The lowest BCUT2D eigenvalue weighted by Crippen LogP contribution is -2.55. The zero-order valence-electron chi connectivity index (χ0n) is 11.5. The van der Waals surface area contributed by atoms with Gasteiger partial charge in [-0.05, 0) is 31.0 Å². The number of hydrogen-bond acceptors (Lipinski definition) is 3. The van der Waals surface area contributed by atoms with E-state index in [4.69, 9.17) is 5.73 Å². The lowest BCUT2D eigenvalue weighted by atomic mass is 9.88. The number of fused-ring (bicyclic) bond motifs is 1.